The molecule has 0 heterocycles. The van der Waals surface area contributed by atoms with Crippen molar-refractivity contribution < 1.29 is 31.5 Å². The van der Waals surface area contributed by atoms with Crippen molar-refractivity contribution in [1.82, 2.24) is 0 Å². The molecule has 0 aliphatic heterocycles. The van der Waals surface area contributed by atoms with E-state index in [1.54, 1.807) is 0 Å². The average Bonchev–Trinajstić information content (AvgIpc) is 1.55. The summed E-state index contributed by atoms with van der Waals surface area (Å²) in [6.45, 7) is -0.658. The molecule has 0 bridgehead atoms. The zero-order valence-electron chi connectivity index (χ0n) is 5.34. The molecule has 0 aromatic rings. The minimum Gasteiger partial charge on any atom is -0.390 e. The second-order valence-electron chi connectivity index (χ2n) is 1.77. The molecular formula is C2H8O7SSi. The highest BCUT2D eigenvalue weighted by Gasteiger charge is 2.27. The molecule has 0 aliphatic rings. The summed E-state index contributed by atoms with van der Waals surface area (Å²) in [6.07, 6.45) is 0. The number of hydrogen-bond acceptors (Lipinski definition) is 6. The van der Waals surface area contributed by atoms with Gasteiger partial charge in [-0.25, -0.2) is 4.18 Å². The zero-order valence-corrected chi connectivity index (χ0v) is 7.15. The first-order valence-corrected chi connectivity index (χ1v) is 5.91. The lowest BCUT2D eigenvalue weighted by molar-refractivity contribution is 0.208. The van der Waals surface area contributed by atoms with Gasteiger partial charge in [0.1, 0.15) is 0 Å². The first kappa shape index (κ1) is 11.0. The fraction of sp³-hybridized carbons (Fsp3) is 1.00. The van der Waals surface area contributed by atoms with Crippen molar-refractivity contribution in [2.24, 2.45) is 0 Å². The van der Waals surface area contributed by atoms with E-state index in [-0.39, 0.29) is 0 Å². The molecule has 0 spiro atoms. The molecule has 0 radical (unpaired) electrons. The second kappa shape index (κ2) is 3.58. The molecular weight excluding hydrogens is 196 g/mol. The maximum atomic E-state index is 9.82. The SMILES string of the molecule is O=S(=O)(O)OCC[Si](O)(O)O. The molecule has 0 fully saturated rings. The highest BCUT2D eigenvalue weighted by Crippen LogP contribution is 1.98. The molecule has 4 N–H and O–H groups in total. The minimum absolute atomic E-state index is 0.604. The lowest BCUT2D eigenvalue weighted by atomic mass is 10.9. The maximum Gasteiger partial charge on any atom is 0.495 e. The van der Waals surface area contributed by atoms with Crippen LogP contribution in [0.1, 0.15) is 0 Å². The molecule has 0 atom stereocenters. The van der Waals surface area contributed by atoms with Gasteiger partial charge in [-0.05, 0) is 0 Å². The quantitative estimate of drug-likeness (QED) is 0.300. The van der Waals surface area contributed by atoms with Crippen molar-refractivity contribution in [3.63, 3.8) is 0 Å². The van der Waals surface area contributed by atoms with Crippen molar-refractivity contribution in [3.8, 4) is 0 Å². The summed E-state index contributed by atoms with van der Waals surface area (Å²) >= 11 is 0. The van der Waals surface area contributed by atoms with Crippen molar-refractivity contribution in [2.45, 2.75) is 6.04 Å². The molecule has 9 heteroatoms. The predicted molar refractivity (Wildman–Crippen MR) is 34.7 cm³/mol. The Hall–Kier alpha value is -0.0331. The van der Waals surface area contributed by atoms with Crippen LogP contribution >= 0.6 is 0 Å². The van der Waals surface area contributed by atoms with Gasteiger partial charge >= 0.3 is 19.2 Å². The van der Waals surface area contributed by atoms with Gasteiger partial charge < -0.3 is 14.4 Å². The lowest BCUT2D eigenvalue weighted by Gasteiger charge is -2.07. The van der Waals surface area contributed by atoms with E-state index in [4.69, 9.17) is 18.9 Å². The van der Waals surface area contributed by atoms with Crippen LogP contribution in [0.4, 0.5) is 0 Å². The Morgan fingerprint density at radius 1 is 1.27 bits per heavy atom. The van der Waals surface area contributed by atoms with Crippen LogP contribution in [0, 0.1) is 0 Å². The zero-order chi connectivity index (χ0) is 9.12. The molecule has 0 aromatic heterocycles. The van der Waals surface area contributed by atoms with E-state index in [1.807, 2.05) is 0 Å². The van der Waals surface area contributed by atoms with Crippen LogP contribution in [0.5, 0.6) is 0 Å². The van der Waals surface area contributed by atoms with Crippen molar-refractivity contribution in [2.75, 3.05) is 6.61 Å². The van der Waals surface area contributed by atoms with E-state index in [9.17, 15) is 8.42 Å². The third-order valence-electron chi connectivity index (χ3n) is 0.670. The molecule has 0 amide bonds. The van der Waals surface area contributed by atoms with Crippen LogP contribution in [-0.4, -0.2) is 42.8 Å². The Morgan fingerprint density at radius 2 is 1.73 bits per heavy atom. The number of rotatable bonds is 4. The minimum atomic E-state index is -4.56. The summed E-state index contributed by atoms with van der Waals surface area (Å²) in [7, 11) is -8.82. The topological polar surface area (TPSA) is 124 Å². The van der Waals surface area contributed by atoms with E-state index in [0.717, 1.165) is 0 Å². The standard InChI is InChI=1S/C2H8O7SSi/c3-10(4,5)9-1-2-11(6,7)8/h6-8H,1-2H2,(H,3,4,5). The van der Waals surface area contributed by atoms with Gasteiger partial charge in [0.2, 0.25) is 0 Å². The monoisotopic (exact) mass is 204 g/mol. The fourth-order valence-corrected chi connectivity index (χ4v) is 1.10. The van der Waals surface area contributed by atoms with Crippen LogP contribution in [0.3, 0.4) is 0 Å². The fourth-order valence-electron chi connectivity index (χ4n) is 0.284. The molecule has 0 aromatic carbocycles. The van der Waals surface area contributed by atoms with Crippen LogP contribution in [0.15, 0.2) is 0 Å². The van der Waals surface area contributed by atoms with Gasteiger partial charge in [-0.3, -0.25) is 4.55 Å². The smallest absolute Gasteiger partial charge is 0.390 e. The van der Waals surface area contributed by atoms with Crippen molar-refractivity contribution in [1.29, 1.82) is 0 Å². The largest absolute Gasteiger partial charge is 0.495 e. The summed E-state index contributed by atoms with van der Waals surface area (Å²) in [4.78, 5) is 24.9. The van der Waals surface area contributed by atoms with Gasteiger partial charge in [-0.1, -0.05) is 0 Å². The maximum absolute atomic E-state index is 9.82. The van der Waals surface area contributed by atoms with E-state index >= 15 is 0 Å². The Balaban J connectivity index is 3.61. The van der Waals surface area contributed by atoms with Crippen LogP contribution in [0.2, 0.25) is 6.04 Å². The highest BCUT2D eigenvalue weighted by atomic mass is 32.3. The van der Waals surface area contributed by atoms with Gasteiger partial charge in [-0.2, -0.15) is 8.42 Å². The molecule has 11 heavy (non-hydrogen) atoms. The Bertz CT molecular complexity index is 201. The van der Waals surface area contributed by atoms with Gasteiger partial charge in [0.15, 0.2) is 0 Å². The number of hydrogen-bond donors (Lipinski definition) is 4. The average molecular weight is 204 g/mol. The van der Waals surface area contributed by atoms with Gasteiger partial charge in [0.25, 0.3) is 0 Å². The molecule has 0 rings (SSSR count). The third kappa shape index (κ3) is 9.97. The van der Waals surface area contributed by atoms with Crippen LogP contribution in [-0.2, 0) is 14.6 Å². The lowest BCUT2D eigenvalue weighted by Crippen LogP contribution is -2.35. The van der Waals surface area contributed by atoms with E-state index < -0.39 is 31.9 Å². The summed E-state index contributed by atoms with van der Waals surface area (Å²) in [6, 6.07) is -0.604. The van der Waals surface area contributed by atoms with Crippen molar-refractivity contribution in [3.05, 3.63) is 0 Å². The van der Waals surface area contributed by atoms with E-state index in [0.29, 0.717) is 0 Å². The first-order valence-electron chi connectivity index (χ1n) is 2.50. The Kier molecular flexibility index (Phi) is 3.57. The second-order valence-corrected chi connectivity index (χ2v) is 4.91. The molecule has 68 valence electrons. The highest BCUT2D eigenvalue weighted by molar-refractivity contribution is 7.80. The van der Waals surface area contributed by atoms with Gasteiger partial charge in [-0.15, -0.1) is 0 Å². The summed E-state index contributed by atoms with van der Waals surface area (Å²) in [5, 5.41) is 0. The molecule has 7 nitrogen and oxygen atoms in total. The van der Waals surface area contributed by atoms with Crippen LogP contribution < -0.4 is 0 Å². The van der Waals surface area contributed by atoms with E-state index in [1.165, 1.54) is 0 Å². The first-order chi connectivity index (χ1) is 4.71. The van der Waals surface area contributed by atoms with Crippen molar-refractivity contribution >= 4 is 19.2 Å². The summed E-state index contributed by atoms with van der Waals surface area (Å²) in [5.74, 6) is 0. The summed E-state index contributed by atoms with van der Waals surface area (Å²) < 4.78 is 31.3. The van der Waals surface area contributed by atoms with Gasteiger partial charge in [0, 0.05) is 6.04 Å². The molecule has 0 saturated carbocycles. The Morgan fingerprint density at radius 3 is 2.00 bits per heavy atom. The Labute approximate surface area is 64.2 Å². The van der Waals surface area contributed by atoms with E-state index in [2.05, 4.69) is 4.18 Å². The van der Waals surface area contributed by atoms with Gasteiger partial charge in [0.05, 0.1) is 6.61 Å². The predicted octanol–water partition coefficient (Wildman–Crippen LogP) is -2.28. The normalized spacial score (nSPS) is 13.5. The third-order valence-corrected chi connectivity index (χ3v) is 2.01. The summed E-state index contributed by atoms with van der Waals surface area (Å²) in [5.41, 5.74) is 0. The molecule has 0 aliphatic carbocycles. The molecule has 0 saturated heterocycles. The molecule has 0 unspecified atom stereocenters. The van der Waals surface area contributed by atoms with Crippen LogP contribution in [0.25, 0.3) is 0 Å².